The second kappa shape index (κ2) is 8.15. The third-order valence-corrected chi connectivity index (χ3v) is 3.59. The van der Waals surface area contributed by atoms with Gasteiger partial charge in [-0.25, -0.2) is 4.79 Å². The van der Waals surface area contributed by atoms with Crippen LogP contribution in [0, 0.1) is 5.92 Å². The minimum Gasteiger partial charge on any atom is -0.497 e. The first-order valence-corrected chi connectivity index (χ1v) is 7.71. The van der Waals surface area contributed by atoms with Gasteiger partial charge in [0.2, 0.25) is 0 Å². The van der Waals surface area contributed by atoms with E-state index in [1.54, 1.807) is 55.6 Å². The maximum atomic E-state index is 12.1. The van der Waals surface area contributed by atoms with Crippen molar-refractivity contribution in [2.45, 2.75) is 20.3 Å². The molecule has 0 spiro atoms. The summed E-state index contributed by atoms with van der Waals surface area (Å²) in [5.41, 5.74) is 0.420. The first-order valence-electron chi connectivity index (χ1n) is 7.71. The Morgan fingerprint density at radius 2 is 1.38 bits per heavy atom. The number of methoxy groups -OCH3 is 1. The summed E-state index contributed by atoms with van der Waals surface area (Å²) in [6.45, 7) is 3.74. The van der Waals surface area contributed by atoms with Crippen molar-refractivity contribution in [2.75, 3.05) is 7.11 Å². The number of rotatable bonds is 6. The van der Waals surface area contributed by atoms with Crippen molar-refractivity contribution in [1.82, 2.24) is 0 Å². The van der Waals surface area contributed by atoms with Crippen molar-refractivity contribution in [3.63, 3.8) is 0 Å². The van der Waals surface area contributed by atoms with E-state index >= 15 is 0 Å². The van der Waals surface area contributed by atoms with Gasteiger partial charge in [0.15, 0.2) is 0 Å². The van der Waals surface area contributed by atoms with Crippen LogP contribution in [0.4, 0.5) is 0 Å². The number of benzene rings is 2. The highest BCUT2D eigenvalue weighted by atomic mass is 16.5. The predicted molar refractivity (Wildman–Crippen MR) is 89.5 cm³/mol. The quantitative estimate of drug-likeness (QED) is 0.595. The monoisotopic (exact) mass is 328 g/mol. The van der Waals surface area contributed by atoms with Crippen LogP contribution in [0.3, 0.4) is 0 Å². The van der Waals surface area contributed by atoms with Crippen LogP contribution in [0.15, 0.2) is 48.5 Å². The Bertz CT molecular complexity index is 689. The molecule has 0 aromatic heterocycles. The molecule has 24 heavy (non-hydrogen) atoms. The second-order valence-electron chi connectivity index (χ2n) is 5.32. The molecule has 0 radical (unpaired) electrons. The van der Waals surface area contributed by atoms with Crippen LogP contribution in [0.25, 0.3) is 0 Å². The fourth-order valence-corrected chi connectivity index (χ4v) is 1.85. The Kier molecular flexibility index (Phi) is 5.95. The van der Waals surface area contributed by atoms with Crippen LogP contribution in [0.2, 0.25) is 0 Å². The van der Waals surface area contributed by atoms with E-state index in [1.807, 2.05) is 13.8 Å². The van der Waals surface area contributed by atoms with Crippen molar-refractivity contribution in [3.8, 4) is 17.2 Å². The van der Waals surface area contributed by atoms with Crippen molar-refractivity contribution in [1.29, 1.82) is 0 Å². The van der Waals surface area contributed by atoms with E-state index in [4.69, 9.17) is 14.2 Å². The van der Waals surface area contributed by atoms with Crippen LogP contribution in [0.5, 0.6) is 17.2 Å². The Morgan fingerprint density at radius 3 is 1.88 bits per heavy atom. The summed E-state index contributed by atoms with van der Waals surface area (Å²) in [7, 11) is 1.56. The molecule has 0 saturated heterocycles. The van der Waals surface area contributed by atoms with E-state index < -0.39 is 5.97 Å². The van der Waals surface area contributed by atoms with Gasteiger partial charge in [0.1, 0.15) is 17.2 Å². The average Bonchev–Trinajstić information content (AvgIpc) is 2.62. The molecule has 0 aliphatic rings. The number of hydrogen-bond acceptors (Lipinski definition) is 5. The summed E-state index contributed by atoms with van der Waals surface area (Å²) in [4.78, 5) is 23.8. The van der Waals surface area contributed by atoms with Gasteiger partial charge in [-0.15, -0.1) is 0 Å². The van der Waals surface area contributed by atoms with Crippen molar-refractivity contribution in [3.05, 3.63) is 54.1 Å². The standard InChI is InChI=1S/C19H20O5/c1-4-13(2)18(20)23-16-9-11-17(12-10-16)24-19(21)14-5-7-15(22-3)8-6-14/h5-13H,4H2,1-3H3/t13-/m0/s1. The van der Waals surface area contributed by atoms with Crippen LogP contribution in [-0.4, -0.2) is 19.0 Å². The summed E-state index contributed by atoms with van der Waals surface area (Å²) >= 11 is 0. The van der Waals surface area contributed by atoms with Crippen LogP contribution < -0.4 is 14.2 Å². The summed E-state index contributed by atoms with van der Waals surface area (Å²) < 4.78 is 15.6. The smallest absolute Gasteiger partial charge is 0.343 e. The Morgan fingerprint density at radius 1 is 0.875 bits per heavy atom. The SMILES string of the molecule is CC[C@H](C)C(=O)Oc1ccc(OC(=O)c2ccc(OC)cc2)cc1. The molecule has 5 nitrogen and oxygen atoms in total. The largest absolute Gasteiger partial charge is 0.497 e. The van der Waals surface area contributed by atoms with E-state index in [0.717, 1.165) is 6.42 Å². The molecule has 0 fully saturated rings. The van der Waals surface area contributed by atoms with Gasteiger partial charge in [-0.3, -0.25) is 4.79 Å². The zero-order valence-corrected chi connectivity index (χ0v) is 13.9. The maximum absolute atomic E-state index is 12.1. The molecule has 0 N–H and O–H groups in total. The zero-order valence-electron chi connectivity index (χ0n) is 13.9. The fourth-order valence-electron chi connectivity index (χ4n) is 1.85. The molecule has 2 aromatic carbocycles. The van der Waals surface area contributed by atoms with Gasteiger partial charge in [0.25, 0.3) is 0 Å². The Hall–Kier alpha value is -2.82. The van der Waals surface area contributed by atoms with Gasteiger partial charge >= 0.3 is 11.9 Å². The first-order chi connectivity index (χ1) is 11.5. The summed E-state index contributed by atoms with van der Waals surface area (Å²) in [5.74, 6) is 0.558. The second-order valence-corrected chi connectivity index (χ2v) is 5.32. The van der Waals surface area contributed by atoms with Gasteiger partial charge in [0, 0.05) is 0 Å². The van der Waals surface area contributed by atoms with Gasteiger partial charge < -0.3 is 14.2 Å². The first kappa shape index (κ1) is 17.5. The van der Waals surface area contributed by atoms with Gasteiger partial charge in [-0.2, -0.15) is 0 Å². The van der Waals surface area contributed by atoms with E-state index in [0.29, 0.717) is 22.8 Å². The summed E-state index contributed by atoms with van der Waals surface area (Å²) in [5, 5.41) is 0. The summed E-state index contributed by atoms with van der Waals surface area (Å²) in [6, 6.07) is 13.0. The molecular weight excluding hydrogens is 308 g/mol. The summed E-state index contributed by atoms with van der Waals surface area (Å²) in [6.07, 6.45) is 0.719. The molecule has 1 atom stereocenters. The molecule has 0 amide bonds. The molecule has 0 heterocycles. The lowest BCUT2D eigenvalue weighted by molar-refractivity contribution is -0.138. The molecule has 2 aromatic rings. The fraction of sp³-hybridized carbons (Fsp3) is 0.263. The van der Waals surface area contributed by atoms with E-state index in [-0.39, 0.29) is 11.9 Å². The highest BCUT2D eigenvalue weighted by Gasteiger charge is 2.13. The lowest BCUT2D eigenvalue weighted by Crippen LogP contribution is -2.16. The third-order valence-electron chi connectivity index (χ3n) is 3.59. The molecule has 0 bridgehead atoms. The predicted octanol–water partition coefficient (Wildman–Crippen LogP) is 3.87. The molecule has 2 rings (SSSR count). The van der Waals surface area contributed by atoms with E-state index in [9.17, 15) is 9.59 Å². The molecule has 5 heteroatoms. The van der Waals surface area contributed by atoms with E-state index in [2.05, 4.69) is 0 Å². The zero-order chi connectivity index (χ0) is 17.5. The lowest BCUT2D eigenvalue weighted by atomic mass is 10.1. The molecule has 0 aliphatic heterocycles. The molecular formula is C19H20O5. The topological polar surface area (TPSA) is 61.8 Å². The van der Waals surface area contributed by atoms with Gasteiger partial charge in [0.05, 0.1) is 18.6 Å². The minimum atomic E-state index is -0.470. The van der Waals surface area contributed by atoms with Crippen molar-refractivity contribution >= 4 is 11.9 Å². The van der Waals surface area contributed by atoms with Gasteiger partial charge in [-0.1, -0.05) is 13.8 Å². The molecule has 0 unspecified atom stereocenters. The minimum absolute atomic E-state index is 0.155. The highest BCUT2D eigenvalue weighted by Crippen LogP contribution is 2.20. The normalized spacial score (nSPS) is 11.5. The van der Waals surface area contributed by atoms with Crippen LogP contribution in [-0.2, 0) is 4.79 Å². The maximum Gasteiger partial charge on any atom is 0.343 e. The number of carbonyl (C=O) groups is 2. The van der Waals surface area contributed by atoms with Crippen LogP contribution >= 0.6 is 0 Å². The number of esters is 2. The van der Waals surface area contributed by atoms with Crippen LogP contribution in [0.1, 0.15) is 30.6 Å². The molecule has 0 saturated carbocycles. The van der Waals surface area contributed by atoms with Crippen molar-refractivity contribution in [2.24, 2.45) is 5.92 Å². The third kappa shape index (κ3) is 4.59. The number of carbonyl (C=O) groups excluding carboxylic acids is 2. The Balaban J connectivity index is 1.97. The highest BCUT2D eigenvalue weighted by molar-refractivity contribution is 5.91. The van der Waals surface area contributed by atoms with E-state index in [1.165, 1.54) is 0 Å². The Labute approximate surface area is 141 Å². The van der Waals surface area contributed by atoms with Gasteiger partial charge in [-0.05, 0) is 55.0 Å². The average molecular weight is 328 g/mol. The molecule has 0 aliphatic carbocycles. The number of ether oxygens (including phenoxy) is 3. The van der Waals surface area contributed by atoms with Crippen molar-refractivity contribution < 1.29 is 23.8 Å². The lowest BCUT2D eigenvalue weighted by Gasteiger charge is -2.09. The molecule has 126 valence electrons. The number of hydrogen-bond donors (Lipinski definition) is 0.